The minimum Gasteiger partial charge on any atom is -0.387 e. The fourth-order valence-corrected chi connectivity index (χ4v) is 4.98. The average Bonchev–Trinajstić information content (AvgIpc) is 3.04. The average molecular weight is 284 g/mol. The van der Waals surface area contributed by atoms with Crippen LogP contribution >= 0.6 is 11.3 Å². The second-order valence-electron chi connectivity index (χ2n) is 6.11. The van der Waals surface area contributed by atoms with Crippen molar-refractivity contribution in [3.8, 4) is 0 Å². The maximum absolute atomic E-state index is 10.7. The molecule has 1 fully saturated rings. The number of hydrogen-bond acceptors (Lipinski definition) is 2. The quantitative estimate of drug-likeness (QED) is 0.890. The molecule has 2 aliphatic carbocycles. The van der Waals surface area contributed by atoms with E-state index in [1.807, 2.05) is 0 Å². The first-order chi connectivity index (χ1) is 9.79. The molecule has 1 N–H and O–H groups in total. The molecule has 2 aliphatic rings. The summed E-state index contributed by atoms with van der Waals surface area (Å²) in [4.78, 5) is 2.54. The summed E-state index contributed by atoms with van der Waals surface area (Å²) in [7, 11) is 0. The Labute approximate surface area is 124 Å². The van der Waals surface area contributed by atoms with Gasteiger partial charge < -0.3 is 5.11 Å². The second kappa shape index (κ2) is 4.71. The van der Waals surface area contributed by atoms with Gasteiger partial charge in [0.1, 0.15) is 0 Å². The summed E-state index contributed by atoms with van der Waals surface area (Å²) in [5, 5.41) is 10.7. The number of fused-ring (bicyclic) bond motifs is 3. The van der Waals surface area contributed by atoms with Crippen LogP contribution in [-0.4, -0.2) is 5.11 Å². The molecule has 1 heterocycles. The molecule has 2 heteroatoms. The van der Waals surface area contributed by atoms with Crippen molar-refractivity contribution in [1.82, 2.24) is 0 Å². The van der Waals surface area contributed by atoms with E-state index in [1.165, 1.54) is 33.7 Å². The van der Waals surface area contributed by atoms with E-state index in [0.29, 0.717) is 17.8 Å². The van der Waals surface area contributed by atoms with E-state index in [-0.39, 0.29) is 6.10 Å². The van der Waals surface area contributed by atoms with Gasteiger partial charge >= 0.3 is 0 Å². The first-order valence-electron chi connectivity index (χ1n) is 7.64. The number of rotatable bonds is 3. The number of thiophene rings is 1. The predicted octanol–water partition coefficient (Wildman–Crippen LogP) is 4.32. The summed E-state index contributed by atoms with van der Waals surface area (Å²) in [6, 6.07) is 13.1. The Morgan fingerprint density at radius 3 is 2.90 bits per heavy atom. The van der Waals surface area contributed by atoms with Crippen LogP contribution in [0.25, 0.3) is 0 Å². The molecule has 1 aromatic carbocycles. The Hall–Kier alpha value is -1.12. The summed E-state index contributed by atoms with van der Waals surface area (Å²) in [6.45, 7) is 2.18. The normalized spacial score (nSPS) is 28.6. The third-order valence-electron chi connectivity index (χ3n) is 5.08. The first kappa shape index (κ1) is 12.6. The molecule has 1 saturated carbocycles. The number of aryl methyl sites for hydroxylation is 2. The van der Waals surface area contributed by atoms with Gasteiger partial charge in [0, 0.05) is 15.7 Å². The van der Waals surface area contributed by atoms with Gasteiger partial charge in [-0.05, 0) is 54.4 Å². The molecule has 4 unspecified atom stereocenters. The highest BCUT2D eigenvalue weighted by atomic mass is 32.1. The van der Waals surface area contributed by atoms with Crippen LogP contribution in [0.1, 0.15) is 46.2 Å². The Kier molecular flexibility index (Phi) is 2.97. The van der Waals surface area contributed by atoms with Crippen LogP contribution in [0.5, 0.6) is 0 Å². The Morgan fingerprint density at radius 1 is 1.25 bits per heavy atom. The van der Waals surface area contributed by atoms with Crippen molar-refractivity contribution in [2.24, 2.45) is 11.8 Å². The zero-order valence-corrected chi connectivity index (χ0v) is 12.6. The summed E-state index contributed by atoms with van der Waals surface area (Å²) in [5.41, 5.74) is 3.00. The van der Waals surface area contributed by atoms with E-state index in [0.717, 1.165) is 6.42 Å². The standard InChI is InChI=1S/C18H20OS/c1-2-12-8-10-15(20-12)18(19)17-14-9-7-11-5-3-4-6-13(11)16(14)17/h3-6,8,10,14,16-19H,2,7,9H2,1H3. The van der Waals surface area contributed by atoms with E-state index < -0.39 is 0 Å². The van der Waals surface area contributed by atoms with Crippen LogP contribution in [0.2, 0.25) is 0 Å². The van der Waals surface area contributed by atoms with Crippen molar-refractivity contribution < 1.29 is 5.11 Å². The summed E-state index contributed by atoms with van der Waals surface area (Å²) >= 11 is 1.79. The third kappa shape index (κ3) is 1.86. The molecular formula is C18H20OS. The van der Waals surface area contributed by atoms with Crippen molar-refractivity contribution in [2.75, 3.05) is 0 Å². The van der Waals surface area contributed by atoms with Crippen LogP contribution in [0.4, 0.5) is 0 Å². The molecule has 0 amide bonds. The summed E-state index contributed by atoms with van der Waals surface area (Å²) in [5.74, 6) is 1.75. The number of aliphatic hydroxyl groups excluding tert-OH is 1. The Balaban J connectivity index is 1.60. The maximum atomic E-state index is 10.7. The van der Waals surface area contributed by atoms with Crippen LogP contribution in [-0.2, 0) is 12.8 Å². The van der Waals surface area contributed by atoms with Crippen LogP contribution in [0.15, 0.2) is 36.4 Å². The maximum Gasteiger partial charge on any atom is 0.0918 e. The van der Waals surface area contributed by atoms with Gasteiger partial charge in [0.15, 0.2) is 0 Å². The number of hydrogen-bond donors (Lipinski definition) is 1. The van der Waals surface area contributed by atoms with Gasteiger partial charge in [0.2, 0.25) is 0 Å². The smallest absolute Gasteiger partial charge is 0.0918 e. The molecule has 4 rings (SSSR count). The van der Waals surface area contributed by atoms with Crippen molar-refractivity contribution >= 4 is 11.3 Å². The molecule has 1 aromatic heterocycles. The fraction of sp³-hybridized carbons (Fsp3) is 0.444. The van der Waals surface area contributed by atoms with Crippen LogP contribution in [0.3, 0.4) is 0 Å². The van der Waals surface area contributed by atoms with Gasteiger partial charge in [-0.2, -0.15) is 0 Å². The lowest BCUT2D eigenvalue weighted by Gasteiger charge is -2.13. The molecule has 0 bridgehead atoms. The second-order valence-corrected chi connectivity index (χ2v) is 7.31. The van der Waals surface area contributed by atoms with E-state index in [1.54, 1.807) is 11.3 Å². The summed E-state index contributed by atoms with van der Waals surface area (Å²) in [6.07, 6.45) is 3.24. The molecule has 0 radical (unpaired) electrons. The molecule has 0 aliphatic heterocycles. The highest BCUT2D eigenvalue weighted by Gasteiger charge is 2.56. The van der Waals surface area contributed by atoms with Crippen LogP contribution in [0, 0.1) is 11.8 Å². The lowest BCUT2D eigenvalue weighted by atomic mass is 9.92. The van der Waals surface area contributed by atoms with Crippen molar-refractivity contribution in [3.05, 3.63) is 57.3 Å². The van der Waals surface area contributed by atoms with Crippen molar-refractivity contribution in [3.63, 3.8) is 0 Å². The highest BCUT2D eigenvalue weighted by molar-refractivity contribution is 7.12. The van der Waals surface area contributed by atoms with Gasteiger partial charge in [-0.3, -0.25) is 0 Å². The fourth-order valence-electron chi connectivity index (χ4n) is 3.98. The number of aliphatic hydroxyl groups is 1. The molecule has 0 saturated heterocycles. The third-order valence-corrected chi connectivity index (χ3v) is 6.38. The Morgan fingerprint density at radius 2 is 2.10 bits per heavy atom. The molecule has 20 heavy (non-hydrogen) atoms. The van der Waals surface area contributed by atoms with Gasteiger partial charge in [-0.25, -0.2) is 0 Å². The molecule has 104 valence electrons. The van der Waals surface area contributed by atoms with Crippen molar-refractivity contribution in [2.45, 2.75) is 38.2 Å². The first-order valence-corrected chi connectivity index (χ1v) is 8.45. The molecule has 1 nitrogen and oxygen atoms in total. The lowest BCUT2D eigenvalue weighted by Crippen LogP contribution is -2.00. The molecule has 2 aromatic rings. The van der Waals surface area contributed by atoms with Crippen LogP contribution < -0.4 is 0 Å². The highest BCUT2D eigenvalue weighted by Crippen LogP contribution is 2.64. The van der Waals surface area contributed by atoms with E-state index in [2.05, 4.69) is 43.3 Å². The van der Waals surface area contributed by atoms with E-state index in [9.17, 15) is 5.11 Å². The minimum atomic E-state index is -0.263. The molecule has 0 spiro atoms. The largest absolute Gasteiger partial charge is 0.387 e. The Bertz CT molecular complexity index is 630. The van der Waals surface area contributed by atoms with Crippen molar-refractivity contribution in [1.29, 1.82) is 0 Å². The van der Waals surface area contributed by atoms with Gasteiger partial charge in [0.25, 0.3) is 0 Å². The topological polar surface area (TPSA) is 20.2 Å². The summed E-state index contributed by atoms with van der Waals surface area (Å²) < 4.78 is 0. The zero-order chi connectivity index (χ0) is 13.7. The van der Waals surface area contributed by atoms with Gasteiger partial charge in [-0.15, -0.1) is 11.3 Å². The van der Waals surface area contributed by atoms with Gasteiger partial charge in [0.05, 0.1) is 6.10 Å². The van der Waals surface area contributed by atoms with E-state index in [4.69, 9.17) is 0 Å². The minimum absolute atomic E-state index is 0.263. The SMILES string of the molecule is CCc1ccc(C(O)C2C3CCc4ccccc4C32)s1. The van der Waals surface area contributed by atoms with Gasteiger partial charge in [-0.1, -0.05) is 31.2 Å². The monoisotopic (exact) mass is 284 g/mol. The molecule has 4 atom stereocenters. The molecular weight excluding hydrogens is 264 g/mol. The zero-order valence-electron chi connectivity index (χ0n) is 11.8. The lowest BCUT2D eigenvalue weighted by molar-refractivity contribution is 0.148. The van der Waals surface area contributed by atoms with E-state index >= 15 is 0 Å². The predicted molar refractivity (Wildman–Crippen MR) is 83.1 cm³/mol. The number of benzene rings is 1.